The highest BCUT2D eigenvalue weighted by Gasteiger charge is 2.31. The molecular formula is C20H15NO2. The van der Waals surface area contributed by atoms with Gasteiger partial charge in [0.25, 0.3) is 0 Å². The highest BCUT2D eigenvalue weighted by molar-refractivity contribution is 5.93. The Balaban J connectivity index is 1.99. The lowest BCUT2D eigenvalue weighted by molar-refractivity contribution is -0.108. The molecule has 0 saturated carbocycles. The molecule has 0 bridgehead atoms. The Labute approximate surface area is 134 Å². The van der Waals surface area contributed by atoms with Crippen LogP contribution in [0.1, 0.15) is 11.6 Å². The van der Waals surface area contributed by atoms with E-state index in [2.05, 4.69) is 12.1 Å². The molecule has 0 amide bonds. The minimum absolute atomic E-state index is 0.210. The molecule has 3 nitrogen and oxygen atoms in total. The van der Waals surface area contributed by atoms with Gasteiger partial charge in [-0.15, -0.1) is 0 Å². The molecule has 0 aliphatic carbocycles. The van der Waals surface area contributed by atoms with Crippen LogP contribution in [0.25, 0.3) is 11.1 Å². The van der Waals surface area contributed by atoms with Crippen LogP contribution in [0.2, 0.25) is 0 Å². The monoisotopic (exact) mass is 301 g/mol. The third-order valence-electron chi connectivity index (χ3n) is 4.27. The van der Waals surface area contributed by atoms with Gasteiger partial charge in [0.1, 0.15) is 18.1 Å². The Morgan fingerprint density at radius 2 is 1.48 bits per heavy atom. The number of anilines is 2. The fourth-order valence-electron chi connectivity index (χ4n) is 3.25. The lowest BCUT2D eigenvalue weighted by Crippen LogP contribution is -2.28. The van der Waals surface area contributed by atoms with E-state index in [0.717, 1.165) is 34.4 Å². The first-order chi connectivity index (χ1) is 11.3. The molecule has 0 radical (unpaired) electrons. The second kappa shape index (κ2) is 5.29. The molecule has 0 fully saturated rings. The third kappa shape index (κ3) is 2.09. The van der Waals surface area contributed by atoms with Crippen molar-refractivity contribution in [1.82, 2.24) is 0 Å². The van der Waals surface area contributed by atoms with Crippen molar-refractivity contribution in [2.45, 2.75) is 6.04 Å². The lowest BCUT2D eigenvalue weighted by Gasteiger charge is -2.37. The van der Waals surface area contributed by atoms with E-state index in [1.54, 1.807) is 12.1 Å². The first-order valence-electron chi connectivity index (χ1n) is 7.51. The van der Waals surface area contributed by atoms with Gasteiger partial charge in [-0.2, -0.15) is 0 Å². The van der Waals surface area contributed by atoms with Crippen LogP contribution in [0.4, 0.5) is 11.4 Å². The van der Waals surface area contributed by atoms with Crippen molar-refractivity contribution in [1.29, 1.82) is 0 Å². The second-order valence-corrected chi connectivity index (χ2v) is 5.57. The van der Waals surface area contributed by atoms with Crippen LogP contribution in [0.15, 0.2) is 72.8 Å². The molecule has 1 aliphatic heterocycles. The molecule has 1 heterocycles. The topological polar surface area (TPSA) is 40.5 Å². The number of rotatable bonds is 2. The van der Waals surface area contributed by atoms with Crippen LogP contribution < -0.4 is 4.90 Å². The van der Waals surface area contributed by atoms with E-state index in [1.165, 1.54) is 0 Å². The average Bonchev–Trinajstić information content (AvgIpc) is 2.61. The van der Waals surface area contributed by atoms with Gasteiger partial charge in [-0.1, -0.05) is 42.5 Å². The summed E-state index contributed by atoms with van der Waals surface area (Å²) in [6, 6.07) is 22.6. The number of phenols is 1. The molecule has 1 atom stereocenters. The number of benzene rings is 3. The summed E-state index contributed by atoms with van der Waals surface area (Å²) in [7, 11) is 0. The normalized spacial score (nSPS) is 15.7. The zero-order valence-electron chi connectivity index (χ0n) is 12.4. The number of aromatic hydroxyl groups is 1. The summed E-state index contributed by atoms with van der Waals surface area (Å²) in [4.78, 5) is 13.9. The highest BCUT2D eigenvalue weighted by atomic mass is 16.3. The van der Waals surface area contributed by atoms with Crippen molar-refractivity contribution in [3.05, 3.63) is 78.4 Å². The third-order valence-corrected chi connectivity index (χ3v) is 4.27. The predicted molar refractivity (Wildman–Crippen MR) is 90.9 cm³/mol. The van der Waals surface area contributed by atoms with Crippen LogP contribution in [0.5, 0.6) is 5.75 Å². The Hall–Kier alpha value is -3.07. The van der Waals surface area contributed by atoms with Crippen LogP contribution in [0, 0.1) is 0 Å². The summed E-state index contributed by atoms with van der Waals surface area (Å²) < 4.78 is 0. The SMILES string of the molecule is O=CC1c2ccccc2-c2ccccc2N1c1ccc(O)cc1. The zero-order chi connectivity index (χ0) is 15.8. The summed E-state index contributed by atoms with van der Waals surface area (Å²) in [6.45, 7) is 0. The number of hydrogen-bond donors (Lipinski definition) is 1. The van der Waals surface area contributed by atoms with Crippen LogP contribution in [0.3, 0.4) is 0 Å². The van der Waals surface area contributed by atoms with E-state index < -0.39 is 0 Å². The molecule has 0 spiro atoms. The summed E-state index contributed by atoms with van der Waals surface area (Å²) in [5, 5.41) is 9.54. The van der Waals surface area contributed by atoms with Gasteiger partial charge in [0.15, 0.2) is 0 Å². The van der Waals surface area contributed by atoms with Crippen molar-refractivity contribution in [3.8, 4) is 16.9 Å². The summed E-state index contributed by atoms with van der Waals surface area (Å²) in [5.41, 5.74) is 5.06. The van der Waals surface area contributed by atoms with Gasteiger partial charge in [0, 0.05) is 16.9 Å². The Bertz CT molecular complexity index is 871. The van der Waals surface area contributed by atoms with E-state index >= 15 is 0 Å². The number of phenolic OH excluding ortho intramolecular Hbond substituents is 1. The van der Waals surface area contributed by atoms with E-state index in [9.17, 15) is 9.90 Å². The van der Waals surface area contributed by atoms with Gasteiger partial charge in [-0.3, -0.25) is 0 Å². The standard InChI is InChI=1S/C20H15NO2/c22-13-20-18-7-2-1-5-16(18)17-6-3-4-8-19(17)21(20)14-9-11-15(23)12-10-14/h1-13,20,23H. The number of aldehydes is 1. The maximum absolute atomic E-state index is 11.9. The molecule has 1 unspecified atom stereocenters. The smallest absolute Gasteiger partial charge is 0.147 e. The van der Waals surface area contributed by atoms with Gasteiger partial charge in [-0.25, -0.2) is 0 Å². The average molecular weight is 301 g/mol. The number of fused-ring (bicyclic) bond motifs is 3. The predicted octanol–water partition coefficient (Wildman–Crippen LogP) is 4.45. The lowest BCUT2D eigenvalue weighted by atomic mass is 9.88. The van der Waals surface area contributed by atoms with Gasteiger partial charge in [-0.05, 0) is 41.5 Å². The first-order valence-corrected chi connectivity index (χ1v) is 7.51. The van der Waals surface area contributed by atoms with Gasteiger partial charge in [0.05, 0.1) is 0 Å². The molecule has 1 N–H and O–H groups in total. The molecular weight excluding hydrogens is 286 g/mol. The van der Waals surface area contributed by atoms with Crippen molar-refractivity contribution in [2.75, 3.05) is 4.90 Å². The van der Waals surface area contributed by atoms with Crippen molar-refractivity contribution < 1.29 is 9.90 Å². The maximum atomic E-state index is 11.9. The fourth-order valence-corrected chi connectivity index (χ4v) is 3.25. The summed E-state index contributed by atoms with van der Waals surface area (Å²) >= 11 is 0. The summed E-state index contributed by atoms with van der Waals surface area (Å²) in [5.74, 6) is 0.210. The summed E-state index contributed by atoms with van der Waals surface area (Å²) in [6.07, 6.45) is 0.974. The number of nitrogens with zero attached hydrogens (tertiary/aromatic N) is 1. The molecule has 0 saturated heterocycles. The van der Waals surface area contributed by atoms with Gasteiger partial charge >= 0.3 is 0 Å². The van der Waals surface area contributed by atoms with E-state index in [1.807, 2.05) is 53.4 Å². The van der Waals surface area contributed by atoms with Crippen LogP contribution >= 0.6 is 0 Å². The molecule has 3 heteroatoms. The van der Waals surface area contributed by atoms with E-state index in [4.69, 9.17) is 0 Å². The molecule has 4 rings (SSSR count). The van der Waals surface area contributed by atoms with Crippen LogP contribution in [-0.4, -0.2) is 11.4 Å². The minimum Gasteiger partial charge on any atom is -0.508 e. The van der Waals surface area contributed by atoms with Crippen molar-refractivity contribution in [2.24, 2.45) is 0 Å². The Kier molecular flexibility index (Phi) is 3.12. The maximum Gasteiger partial charge on any atom is 0.147 e. The molecule has 3 aromatic carbocycles. The Morgan fingerprint density at radius 3 is 2.22 bits per heavy atom. The number of carbonyl (C=O) groups is 1. The molecule has 1 aliphatic rings. The zero-order valence-corrected chi connectivity index (χ0v) is 12.4. The second-order valence-electron chi connectivity index (χ2n) is 5.57. The Morgan fingerprint density at radius 1 is 0.826 bits per heavy atom. The number of carbonyl (C=O) groups excluding carboxylic acids is 1. The van der Waals surface area contributed by atoms with Crippen molar-refractivity contribution >= 4 is 17.7 Å². The first kappa shape index (κ1) is 13.6. The molecule has 3 aromatic rings. The fraction of sp³-hybridized carbons (Fsp3) is 0.0500. The van der Waals surface area contributed by atoms with E-state index in [-0.39, 0.29) is 11.8 Å². The minimum atomic E-state index is -0.384. The number of para-hydroxylation sites is 1. The van der Waals surface area contributed by atoms with E-state index in [0.29, 0.717) is 0 Å². The molecule has 112 valence electrons. The molecule has 0 aromatic heterocycles. The van der Waals surface area contributed by atoms with Gasteiger partial charge < -0.3 is 14.8 Å². The number of hydrogen-bond acceptors (Lipinski definition) is 3. The van der Waals surface area contributed by atoms with Crippen LogP contribution in [-0.2, 0) is 4.79 Å². The quantitative estimate of drug-likeness (QED) is 0.711. The molecule has 23 heavy (non-hydrogen) atoms. The largest absolute Gasteiger partial charge is 0.508 e. The highest BCUT2D eigenvalue weighted by Crippen LogP contribution is 2.47. The van der Waals surface area contributed by atoms with Crippen molar-refractivity contribution in [3.63, 3.8) is 0 Å². The van der Waals surface area contributed by atoms with Gasteiger partial charge in [0.2, 0.25) is 0 Å².